The van der Waals surface area contributed by atoms with E-state index in [0.29, 0.717) is 6.54 Å². The molecule has 0 spiro atoms. The fraction of sp³-hybridized carbons (Fsp3) is 0.150. The molecule has 0 amide bonds. The van der Waals surface area contributed by atoms with Crippen molar-refractivity contribution in [2.75, 3.05) is 0 Å². The van der Waals surface area contributed by atoms with E-state index in [1.165, 1.54) is 12.1 Å². The van der Waals surface area contributed by atoms with Crippen molar-refractivity contribution in [1.29, 1.82) is 0 Å². The Morgan fingerprint density at radius 3 is 2.52 bits per heavy atom. The van der Waals surface area contributed by atoms with E-state index in [1.807, 2.05) is 25.1 Å². The van der Waals surface area contributed by atoms with E-state index in [1.54, 1.807) is 35.2 Å². The Morgan fingerprint density at radius 1 is 1.04 bits per heavy atom. The summed E-state index contributed by atoms with van der Waals surface area (Å²) >= 11 is 3.26. The Labute approximate surface area is 165 Å². The first-order valence-electron chi connectivity index (χ1n) is 8.46. The van der Waals surface area contributed by atoms with Crippen LogP contribution in [0.2, 0.25) is 0 Å². The highest BCUT2D eigenvalue weighted by Crippen LogP contribution is 2.28. The van der Waals surface area contributed by atoms with Gasteiger partial charge in [0.15, 0.2) is 11.0 Å². The maximum atomic E-state index is 13.3. The predicted octanol–water partition coefficient (Wildman–Crippen LogP) is 5.19. The van der Waals surface area contributed by atoms with E-state index in [-0.39, 0.29) is 5.82 Å². The van der Waals surface area contributed by atoms with Gasteiger partial charge < -0.3 is 0 Å². The van der Waals surface area contributed by atoms with Gasteiger partial charge in [-0.1, -0.05) is 42.1 Å². The summed E-state index contributed by atoms with van der Waals surface area (Å²) in [4.78, 5) is 4.51. The fourth-order valence-corrected chi connectivity index (χ4v) is 4.28. The molecular weight excluding hydrogens is 379 g/mol. The van der Waals surface area contributed by atoms with Crippen LogP contribution in [-0.2, 0) is 12.3 Å². The molecule has 27 heavy (non-hydrogen) atoms. The maximum Gasteiger partial charge on any atom is 0.192 e. The van der Waals surface area contributed by atoms with E-state index in [9.17, 15) is 4.39 Å². The first kappa shape index (κ1) is 17.9. The second-order valence-corrected chi connectivity index (χ2v) is 8.04. The number of thiazole rings is 1. The van der Waals surface area contributed by atoms with Gasteiger partial charge in [0.25, 0.3) is 0 Å². The minimum Gasteiger partial charge on any atom is -0.298 e. The average Bonchev–Trinajstić information content (AvgIpc) is 3.28. The van der Waals surface area contributed by atoms with E-state index < -0.39 is 0 Å². The molecule has 136 valence electrons. The zero-order valence-corrected chi connectivity index (χ0v) is 16.3. The van der Waals surface area contributed by atoms with Gasteiger partial charge in [-0.15, -0.1) is 21.5 Å². The molecule has 4 rings (SSSR count). The highest BCUT2D eigenvalue weighted by Gasteiger charge is 2.15. The van der Waals surface area contributed by atoms with Crippen LogP contribution in [0.1, 0.15) is 16.3 Å². The van der Waals surface area contributed by atoms with Crippen molar-refractivity contribution in [2.45, 2.75) is 24.4 Å². The summed E-state index contributed by atoms with van der Waals surface area (Å²) < 4.78 is 15.4. The van der Waals surface area contributed by atoms with Crippen LogP contribution in [0.3, 0.4) is 0 Å². The molecule has 0 unspecified atom stereocenters. The molecule has 0 N–H and O–H groups in total. The number of benzene rings is 2. The SMILES string of the molecule is Cc1nc(CSc2nnc(-c3ccc(F)cc3)n2Cc2ccccc2)cs1. The molecule has 0 radical (unpaired) electrons. The zero-order valence-electron chi connectivity index (χ0n) is 14.7. The van der Waals surface area contributed by atoms with Gasteiger partial charge in [0.1, 0.15) is 5.82 Å². The van der Waals surface area contributed by atoms with Crippen molar-refractivity contribution in [1.82, 2.24) is 19.7 Å². The molecule has 2 aromatic heterocycles. The predicted molar refractivity (Wildman–Crippen MR) is 107 cm³/mol. The Morgan fingerprint density at radius 2 is 1.81 bits per heavy atom. The first-order valence-corrected chi connectivity index (χ1v) is 10.3. The number of hydrogen-bond donors (Lipinski definition) is 0. The summed E-state index contributed by atoms with van der Waals surface area (Å²) in [6, 6.07) is 16.5. The van der Waals surface area contributed by atoms with Gasteiger partial charge in [0, 0.05) is 16.7 Å². The van der Waals surface area contributed by atoms with E-state index in [2.05, 4.69) is 37.3 Å². The van der Waals surface area contributed by atoms with Gasteiger partial charge in [-0.3, -0.25) is 4.57 Å². The Bertz CT molecular complexity index is 1030. The number of aromatic nitrogens is 4. The quantitative estimate of drug-likeness (QED) is 0.421. The van der Waals surface area contributed by atoms with Crippen LogP contribution in [0, 0.1) is 12.7 Å². The number of rotatable bonds is 6. The average molecular weight is 397 g/mol. The summed E-state index contributed by atoms with van der Waals surface area (Å²) in [5, 5.41) is 12.7. The van der Waals surface area contributed by atoms with Gasteiger partial charge in [-0.05, 0) is 36.8 Å². The van der Waals surface area contributed by atoms with Crippen LogP contribution in [0.15, 0.2) is 65.1 Å². The highest BCUT2D eigenvalue weighted by atomic mass is 32.2. The van der Waals surface area contributed by atoms with Crippen LogP contribution < -0.4 is 0 Å². The molecule has 0 aliphatic carbocycles. The molecule has 0 atom stereocenters. The summed E-state index contributed by atoms with van der Waals surface area (Å²) in [5.74, 6) is 1.21. The second-order valence-electron chi connectivity index (χ2n) is 6.03. The van der Waals surface area contributed by atoms with Gasteiger partial charge >= 0.3 is 0 Å². The third-order valence-corrected chi connectivity index (χ3v) is 5.84. The Balaban J connectivity index is 1.66. The van der Waals surface area contributed by atoms with Gasteiger partial charge in [0.05, 0.1) is 17.2 Å². The molecule has 2 aromatic carbocycles. The van der Waals surface area contributed by atoms with Crippen molar-refractivity contribution >= 4 is 23.1 Å². The van der Waals surface area contributed by atoms with Crippen LogP contribution in [0.4, 0.5) is 4.39 Å². The van der Waals surface area contributed by atoms with Crippen molar-refractivity contribution in [3.05, 3.63) is 82.1 Å². The number of aryl methyl sites for hydroxylation is 1. The van der Waals surface area contributed by atoms with Crippen molar-refractivity contribution in [3.63, 3.8) is 0 Å². The van der Waals surface area contributed by atoms with E-state index in [0.717, 1.165) is 38.6 Å². The Kier molecular flexibility index (Phi) is 5.31. The Hall–Kier alpha value is -2.51. The molecule has 2 heterocycles. The second kappa shape index (κ2) is 8.02. The van der Waals surface area contributed by atoms with Crippen molar-refractivity contribution < 1.29 is 4.39 Å². The number of halogens is 1. The van der Waals surface area contributed by atoms with Crippen LogP contribution in [0.25, 0.3) is 11.4 Å². The monoisotopic (exact) mass is 396 g/mol. The molecule has 0 aliphatic rings. The van der Waals surface area contributed by atoms with Crippen LogP contribution in [-0.4, -0.2) is 19.7 Å². The van der Waals surface area contributed by atoms with E-state index in [4.69, 9.17) is 0 Å². The highest BCUT2D eigenvalue weighted by molar-refractivity contribution is 7.98. The normalized spacial score (nSPS) is 11.0. The topological polar surface area (TPSA) is 43.6 Å². The first-order chi connectivity index (χ1) is 13.2. The molecule has 0 aliphatic heterocycles. The molecular formula is C20H17FN4S2. The lowest BCUT2D eigenvalue weighted by molar-refractivity contribution is 0.628. The van der Waals surface area contributed by atoms with Gasteiger partial charge in [-0.2, -0.15) is 0 Å². The van der Waals surface area contributed by atoms with E-state index >= 15 is 0 Å². The third kappa shape index (κ3) is 4.26. The number of thioether (sulfide) groups is 1. The molecule has 7 heteroatoms. The van der Waals surface area contributed by atoms with Crippen LogP contribution >= 0.6 is 23.1 Å². The molecule has 0 saturated carbocycles. The fourth-order valence-electron chi connectivity index (χ4n) is 2.73. The summed E-state index contributed by atoms with van der Waals surface area (Å²) in [6.45, 7) is 2.66. The zero-order chi connectivity index (χ0) is 18.6. The molecule has 0 saturated heterocycles. The lowest BCUT2D eigenvalue weighted by Gasteiger charge is -2.10. The maximum absolute atomic E-state index is 13.3. The van der Waals surface area contributed by atoms with Gasteiger partial charge in [0.2, 0.25) is 0 Å². The molecule has 0 bridgehead atoms. The number of nitrogens with zero attached hydrogens (tertiary/aromatic N) is 4. The minimum absolute atomic E-state index is 0.263. The summed E-state index contributed by atoms with van der Waals surface area (Å²) in [5.41, 5.74) is 3.04. The third-order valence-electron chi connectivity index (χ3n) is 4.02. The lowest BCUT2D eigenvalue weighted by Crippen LogP contribution is -2.04. The van der Waals surface area contributed by atoms with Crippen molar-refractivity contribution in [3.8, 4) is 11.4 Å². The van der Waals surface area contributed by atoms with Crippen molar-refractivity contribution in [2.24, 2.45) is 0 Å². The summed E-state index contributed by atoms with van der Waals surface area (Å²) in [7, 11) is 0. The standard InChI is InChI=1S/C20H17FN4S2/c1-14-22-18(12-26-14)13-27-20-24-23-19(16-7-9-17(21)10-8-16)25(20)11-15-5-3-2-4-6-15/h2-10,12H,11,13H2,1H3. The number of hydrogen-bond acceptors (Lipinski definition) is 5. The molecule has 4 nitrogen and oxygen atoms in total. The smallest absolute Gasteiger partial charge is 0.192 e. The summed E-state index contributed by atoms with van der Waals surface area (Å²) in [6.07, 6.45) is 0. The van der Waals surface area contributed by atoms with Gasteiger partial charge in [-0.25, -0.2) is 9.37 Å². The minimum atomic E-state index is -0.263. The molecule has 0 fully saturated rings. The molecule has 4 aromatic rings. The lowest BCUT2D eigenvalue weighted by atomic mass is 10.2. The van der Waals surface area contributed by atoms with Crippen LogP contribution in [0.5, 0.6) is 0 Å². The largest absolute Gasteiger partial charge is 0.298 e.